The van der Waals surface area contributed by atoms with Crippen molar-refractivity contribution in [1.29, 1.82) is 0 Å². The van der Waals surface area contributed by atoms with Crippen LogP contribution >= 0.6 is 0 Å². The Hall–Kier alpha value is -3.42. The molecule has 0 saturated carbocycles. The van der Waals surface area contributed by atoms with Crippen molar-refractivity contribution in [2.24, 2.45) is 0 Å². The van der Waals surface area contributed by atoms with Gasteiger partial charge in [0.15, 0.2) is 13.2 Å². The maximum absolute atomic E-state index is 13.5. The number of carbonyl (C=O) groups is 2. The molecule has 0 unspecified atom stereocenters. The van der Waals surface area contributed by atoms with Crippen molar-refractivity contribution < 1.29 is 18.7 Å². The topological polar surface area (TPSA) is 87.0 Å². The fraction of sp³-hybridized carbons (Fsp3) is 0.118. The molecule has 0 amide bonds. The highest BCUT2D eigenvalue weighted by Gasteiger charge is 2.15. The molecule has 2 aromatic carbocycles. The number of tetrazole rings is 1. The average Bonchev–Trinajstić information content (AvgIpc) is 3.09. The number of benzene rings is 2. The number of Topliss-reactive ketones (excluding diaryl/α,β-unsaturated/α-hetero) is 1. The molecule has 0 fully saturated rings. The van der Waals surface area contributed by atoms with Gasteiger partial charge in [0, 0.05) is 5.56 Å². The molecule has 1 aromatic heterocycles. The van der Waals surface area contributed by atoms with Gasteiger partial charge in [0.1, 0.15) is 5.82 Å². The van der Waals surface area contributed by atoms with Gasteiger partial charge >= 0.3 is 5.97 Å². The highest BCUT2D eigenvalue weighted by molar-refractivity contribution is 5.98. The third kappa shape index (κ3) is 4.11. The largest absolute Gasteiger partial charge is 0.456 e. The summed E-state index contributed by atoms with van der Waals surface area (Å²) in [4.78, 5) is 24.7. The molecule has 7 nitrogen and oxygen atoms in total. The number of hydrogen-bond acceptors (Lipinski definition) is 6. The Labute approximate surface area is 142 Å². The van der Waals surface area contributed by atoms with E-state index in [1.54, 1.807) is 0 Å². The van der Waals surface area contributed by atoms with Gasteiger partial charge < -0.3 is 4.74 Å². The molecule has 1 heterocycles. The zero-order valence-corrected chi connectivity index (χ0v) is 13.0. The Bertz CT molecular complexity index is 896. The summed E-state index contributed by atoms with van der Waals surface area (Å²) in [6.07, 6.45) is 0. The highest BCUT2D eigenvalue weighted by atomic mass is 19.1. The Kier molecular flexibility index (Phi) is 4.89. The van der Waals surface area contributed by atoms with Crippen molar-refractivity contribution in [2.45, 2.75) is 6.54 Å². The number of hydrogen-bond donors (Lipinski definition) is 0. The Morgan fingerprint density at radius 2 is 1.76 bits per heavy atom. The van der Waals surface area contributed by atoms with E-state index in [-0.39, 0.29) is 12.1 Å². The Morgan fingerprint density at radius 1 is 1.04 bits per heavy atom. The van der Waals surface area contributed by atoms with Gasteiger partial charge in [0.05, 0.1) is 5.56 Å². The number of rotatable bonds is 6. The van der Waals surface area contributed by atoms with Gasteiger partial charge in [0.2, 0.25) is 11.6 Å². The minimum absolute atomic E-state index is 0.124. The molecule has 0 aliphatic carbocycles. The van der Waals surface area contributed by atoms with Crippen molar-refractivity contribution in [3.63, 3.8) is 0 Å². The number of ketones is 1. The molecule has 0 aliphatic rings. The van der Waals surface area contributed by atoms with Crippen molar-refractivity contribution >= 4 is 11.8 Å². The summed E-state index contributed by atoms with van der Waals surface area (Å²) < 4.78 is 18.3. The van der Waals surface area contributed by atoms with E-state index in [1.807, 2.05) is 30.3 Å². The second-order valence-electron chi connectivity index (χ2n) is 5.07. The zero-order valence-electron chi connectivity index (χ0n) is 13.0. The number of halogens is 1. The summed E-state index contributed by atoms with van der Waals surface area (Å²) in [6.45, 7) is -0.857. The van der Waals surface area contributed by atoms with Gasteiger partial charge in [-0.3, -0.25) is 4.79 Å². The second-order valence-corrected chi connectivity index (χ2v) is 5.07. The van der Waals surface area contributed by atoms with Crippen LogP contribution in [-0.4, -0.2) is 38.6 Å². The normalized spacial score (nSPS) is 10.4. The van der Waals surface area contributed by atoms with Gasteiger partial charge in [-0.05, 0) is 17.3 Å². The molecular weight excluding hydrogens is 327 g/mol. The first-order valence-electron chi connectivity index (χ1n) is 7.40. The van der Waals surface area contributed by atoms with Crippen LogP contribution in [0.2, 0.25) is 0 Å². The van der Waals surface area contributed by atoms with Gasteiger partial charge in [-0.1, -0.05) is 42.5 Å². The molecule has 126 valence electrons. The van der Waals surface area contributed by atoms with Gasteiger partial charge in [-0.2, -0.15) is 4.80 Å². The lowest BCUT2D eigenvalue weighted by atomic mass is 10.1. The molecule has 3 aromatic rings. The van der Waals surface area contributed by atoms with Gasteiger partial charge in [-0.15, -0.1) is 10.2 Å². The van der Waals surface area contributed by atoms with Crippen molar-refractivity contribution in [1.82, 2.24) is 20.2 Å². The molecule has 8 heteroatoms. The van der Waals surface area contributed by atoms with Crippen LogP contribution < -0.4 is 0 Å². The standard InChI is InChI=1S/C17H13FN4O3/c18-14-9-5-4-8-13(14)15(23)11-25-16(24)10-22-20-17(19-21-22)12-6-2-1-3-7-12/h1-9H,10-11H2. The van der Waals surface area contributed by atoms with Crippen molar-refractivity contribution in [3.05, 3.63) is 66.0 Å². The Morgan fingerprint density at radius 3 is 2.52 bits per heavy atom. The molecule has 0 saturated heterocycles. The molecule has 25 heavy (non-hydrogen) atoms. The number of nitrogens with zero attached hydrogens (tertiary/aromatic N) is 4. The van der Waals surface area contributed by atoms with E-state index < -0.39 is 24.2 Å². The summed E-state index contributed by atoms with van der Waals surface area (Å²) >= 11 is 0. The Balaban J connectivity index is 1.56. The average molecular weight is 340 g/mol. The maximum Gasteiger partial charge on any atom is 0.330 e. The summed E-state index contributed by atoms with van der Waals surface area (Å²) in [7, 11) is 0. The smallest absolute Gasteiger partial charge is 0.330 e. The lowest BCUT2D eigenvalue weighted by Gasteiger charge is -2.04. The fourth-order valence-electron chi connectivity index (χ4n) is 2.09. The summed E-state index contributed by atoms with van der Waals surface area (Å²) in [5, 5.41) is 11.7. The number of esters is 1. The predicted octanol–water partition coefficient (Wildman–Crippen LogP) is 1.91. The van der Waals surface area contributed by atoms with Crippen LogP contribution in [0.3, 0.4) is 0 Å². The lowest BCUT2D eigenvalue weighted by Crippen LogP contribution is -2.20. The third-order valence-electron chi connectivity index (χ3n) is 3.29. The number of aromatic nitrogens is 4. The molecule has 0 aliphatic heterocycles. The van der Waals surface area contributed by atoms with Crippen LogP contribution in [0.4, 0.5) is 4.39 Å². The summed E-state index contributed by atoms with van der Waals surface area (Å²) in [6, 6.07) is 14.6. The van der Waals surface area contributed by atoms with Crippen LogP contribution in [-0.2, 0) is 16.1 Å². The first-order valence-corrected chi connectivity index (χ1v) is 7.40. The highest BCUT2D eigenvalue weighted by Crippen LogP contribution is 2.11. The van der Waals surface area contributed by atoms with E-state index in [4.69, 9.17) is 4.74 Å². The van der Waals surface area contributed by atoms with Crippen molar-refractivity contribution in [3.8, 4) is 11.4 Å². The van der Waals surface area contributed by atoms with E-state index in [9.17, 15) is 14.0 Å². The van der Waals surface area contributed by atoms with E-state index in [1.165, 1.54) is 24.3 Å². The van der Waals surface area contributed by atoms with Gasteiger partial charge in [-0.25, -0.2) is 9.18 Å². The van der Waals surface area contributed by atoms with Crippen molar-refractivity contribution in [2.75, 3.05) is 6.61 Å². The number of carbonyl (C=O) groups excluding carboxylic acids is 2. The minimum atomic E-state index is -0.721. The monoisotopic (exact) mass is 340 g/mol. The predicted molar refractivity (Wildman–Crippen MR) is 84.9 cm³/mol. The lowest BCUT2D eigenvalue weighted by molar-refractivity contribution is -0.143. The second kappa shape index (κ2) is 7.43. The van der Waals surface area contributed by atoms with Crippen LogP contribution in [0, 0.1) is 5.82 Å². The summed E-state index contributed by atoms with van der Waals surface area (Å²) in [5.74, 6) is -1.63. The quantitative estimate of drug-likeness (QED) is 0.503. The third-order valence-corrected chi connectivity index (χ3v) is 3.29. The molecule has 0 bridgehead atoms. The van der Waals surface area contributed by atoms with E-state index >= 15 is 0 Å². The van der Waals surface area contributed by atoms with E-state index in [0.29, 0.717) is 5.82 Å². The maximum atomic E-state index is 13.5. The summed E-state index contributed by atoms with van der Waals surface area (Å²) in [5.41, 5.74) is 0.636. The van der Waals surface area contributed by atoms with Crippen LogP contribution in [0.1, 0.15) is 10.4 Å². The zero-order chi connectivity index (χ0) is 17.6. The van der Waals surface area contributed by atoms with E-state index in [0.717, 1.165) is 10.4 Å². The molecule has 3 rings (SSSR count). The molecule has 0 radical (unpaired) electrons. The van der Waals surface area contributed by atoms with Crippen LogP contribution in [0.15, 0.2) is 54.6 Å². The van der Waals surface area contributed by atoms with Crippen LogP contribution in [0.5, 0.6) is 0 Å². The molecular formula is C17H13FN4O3. The molecule has 0 spiro atoms. The molecule has 0 N–H and O–H groups in total. The SMILES string of the molecule is O=C(Cn1nnc(-c2ccccc2)n1)OCC(=O)c1ccccc1F. The minimum Gasteiger partial charge on any atom is -0.456 e. The molecule has 0 atom stereocenters. The van der Waals surface area contributed by atoms with Crippen LogP contribution in [0.25, 0.3) is 11.4 Å². The van der Waals surface area contributed by atoms with Gasteiger partial charge in [0.25, 0.3) is 0 Å². The first-order chi connectivity index (χ1) is 12.1. The first kappa shape index (κ1) is 16.4. The van der Waals surface area contributed by atoms with E-state index in [2.05, 4.69) is 15.4 Å². The number of ether oxygens (including phenoxy) is 1. The fourth-order valence-corrected chi connectivity index (χ4v) is 2.09.